The van der Waals surface area contributed by atoms with Gasteiger partial charge >= 0.3 is 5.97 Å². The van der Waals surface area contributed by atoms with Gasteiger partial charge in [-0.2, -0.15) is 0 Å². The number of nitrogens with zero attached hydrogens (tertiary/aromatic N) is 1. The van der Waals surface area contributed by atoms with Crippen LogP contribution in [-0.4, -0.2) is 55.1 Å². The minimum Gasteiger partial charge on any atom is -0.481 e. The minimum absolute atomic E-state index is 0.136. The van der Waals surface area contributed by atoms with Crippen LogP contribution in [0.2, 0.25) is 0 Å². The number of unbranched alkanes of at least 4 members (excludes halogenated alkanes) is 1. The Morgan fingerprint density at radius 3 is 2.33 bits per heavy atom. The topological polar surface area (TPSA) is 104 Å². The molecule has 7 nitrogen and oxygen atoms in total. The van der Waals surface area contributed by atoms with E-state index in [1.807, 2.05) is 13.8 Å². The highest BCUT2D eigenvalue weighted by Gasteiger charge is 2.31. The summed E-state index contributed by atoms with van der Waals surface area (Å²) in [6, 6.07) is 0. The van der Waals surface area contributed by atoms with E-state index in [2.05, 4.69) is 5.32 Å². The molecule has 2 N–H and O–H groups in total. The van der Waals surface area contributed by atoms with Gasteiger partial charge in [0.05, 0.1) is 11.7 Å². The average molecular weight is 362 g/mol. The van der Waals surface area contributed by atoms with Crippen LogP contribution in [0, 0.1) is 11.8 Å². The molecule has 0 aromatic rings. The molecule has 0 aliphatic carbocycles. The Bertz CT molecular complexity index is 513. The Kier molecular flexibility index (Phi) is 8.69. The number of piperidine rings is 1. The van der Waals surface area contributed by atoms with E-state index >= 15 is 0 Å². The van der Waals surface area contributed by atoms with Gasteiger partial charge in [0.25, 0.3) is 0 Å². The number of aliphatic carboxylic acids is 1. The maximum Gasteiger partial charge on any atom is 0.308 e. The quantitative estimate of drug-likeness (QED) is 0.612. The molecule has 1 rings (SSSR count). The molecule has 1 amide bonds. The second-order valence-electron chi connectivity index (χ2n) is 6.41. The third-order valence-electron chi connectivity index (χ3n) is 4.48. The van der Waals surface area contributed by atoms with Gasteiger partial charge in [0.2, 0.25) is 15.9 Å². The first-order chi connectivity index (χ1) is 11.3. The molecule has 0 aromatic carbocycles. The molecule has 0 radical (unpaired) electrons. The van der Waals surface area contributed by atoms with Gasteiger partial charge in [-0.15, -0.1) is 0 Å². The van der Waals surface area contributed by atoms with Crippen molar-refractivity contribution in [2.24, 2.45) is 11.8 Å². The lowest BCUT2D eigenvalue weighted by molar-refractivity contribution is -0.142. The highest BCUT2D eigenvalue weighted by atomic mass is 32.2. The molecule has 1 atom stereocenters. The monoisotopic (exact) mass is 362 g/mol. The number of carboxylic acid groups (broad SMARTS) is 1. The van der Waals surface area contributed by atoms with Crippen LogP contribution in [0.3, 0.4) is 0 Å². The van der Waals surface area contributed by atoms with Gasteiger partial charge in [0.15, 0.2) is 0 Å². The fourth-order valence-electron chi connectivity index (χ4n) is 2.88. The maximum atomic E-state index is 12.2. The van der Waals surface area contributed by atoms with Crippen molar-refractivity contribution in [1.29, 1.82) is 0 Å². The van der Waals surface area contributed by atoms with Crippen molar-refractivity contribution in [1.82, 2.24) is 9.62 Å². The highest BCUT2D eigenvalue weighted by Crippen LogP contribution is 2.20. The predicted molar refractivity (Wildman–Crippen MR) is 92.0 cm³/mol. The van der Waals surface area contributed by atoms with E-state index < -0.39 is 21.9 Å². The van der Waals surface area contributed by atoms with Gasteiger partial charge in [-0.25, -0.2) is 12.7 Å². The first-order valence-corrected chi connectivity index (χ1v) is 10.4. The molecule has 24 heavy (non-hydrogen) atoms. The summed E-state index contributed by atoms with van der Waals surface area (Å²) in [5.41, 5.74) is 0. The van der Waals surface area contributed by atoms with E-state index in [9.17, 15) is 18.0 Å². The third-order valence-corrected chi connectivity index (χ3v) is 6.44. The van der Waals surface area contributed by atoms with Gasteiger partial charge in [-0.05, 0) is 25.7 Å². The van der Waals surface area contributed by atoms with Crippen molar-refractivity contribution < 1.29 is 23.1 Å². The van der Waals surface area contributed by atoms with E-state index in [4.69, 9.17) is 5.11 Å². The molecule has 0 spiro atoms. The lowest BCUT2D eigenvalue weighted by Gasteiger charge is -2.30. The van der Waals surface area contributed by atoms with E-state index in [0.29, 0.717) is 38.8 Å². The zero-order valence-corrected chi connectivity index (χ0v) is 15.5. The van der Waals surface area contributed by atoms with Gasteiger partial charge in [-0.1, -0.05) is 26.7 Å². The summed E-state index contributed by atoms with van der Waals surface area (Å²) in [7, 11) is -3.22. The van der Waals surface area contributed by atoms with Crippen LogP contribution in [0.1, 0.15) is 52.4 Å². The summed E-state index contributed by atoms with van der Waals surface area (Å²) in [6.07, 6.45) is 3.74. The minimum atomic E-state index is -3.22. The molecule has 8 heteroatoms. The molecule has 0 saturated carbocycles. The molecular formula is C16H30N2O5S. The number of rotatable bonds is 10. The van der Waals surface area contributed by atoms with Crippen molar-refractivity contribution in [3.63, 3.8) is 0 Å². The molecule has 0 bridgehead atoms. The Labute approximate surface area is 144 Å². The first-order valence-electron chi connectivity index (χ1n) is 8.80. The normalized spacial score (nSPS) is 18.2. The largest absolute Gasteiger partial charge is 0.481 e. The third kappa shape index (κ3) is 6.39. The lowest BCUT2D eigenvalue weighted by Crippen LogP contribution is -2.44. The molecular weight excluding hydrogens is 332 g/mol. The predicted octanol–water partition coefficient (Wildman–Crippen LogP) is 1.45. The Balaban J connectivity index is 2.44. The molecule has 1 saturated heterocycles. The summed E-state index contributed by atoms with van der Waals surface area (Å²) in [5.74, 6) is -1.69. The number of carbonyl (C=O) groups excluding carboxylic acids is 1. The summed E-state index contributed by atoms with van der Waals surface area (Å²) < 4.78 is 25.8. The van der Waals surface area contributed by atoms with Crippen molar-refractivity contribution >= 4 is 21.9 Å². The van der Waals surface area contributed by atoms with Crippen molar-refractivity contribution in [3.8, 4) is 0 Å². The van der Waals surface area contributed by atoms with E-state index in [1.54, 1.807) is 0 Å². The Morgan fingerprint density at radius 1 is 1.21 bits per heavy atom. The Hall–Kier alpha value is -1.15. The standard InChI is InChI=1S/C16H30N2O5S/c1-3-5-11-24(22,23)18-9-7-13(8-10-18)15(19)17-12-14(6-4-2)16(20)21/h13-14H,3-12H2,1-2H3,(H,17,19)(H,20,21). The van der Waals surface area contributed by atoms with Crippen LogP contribution < -0.4 is 5.32 Å². The Morgan fingerprint density at radius 2 is 1.83 bits per heavy atom. The molecule has 1 unspecified atom stereocenters. The summed E-state index contributed by atoms with van der Waals surface area (Å²) in [6.45, 7) is 4.72. The number of nitrogens with one attached hydrogen (secondary N) is 1. The first kappa shape index (κ1) is 20.9. The number of carbonyl (C=O) groups is 2. The zero-order chi connectivity index (χ0) is 18.2. The van der Waals surface area contributed by atoms with Gasteiger partial charge in [0, 0.05) is 25.6 Å². The average Bonchev–Trinajstić information content (AvgIpc) is 2.56. The van der Waals surface area contributed by atoms with E-state index in [-0.39, 0.29) is 24.1 Å². The van der Waals surface area contributed by atoms with Gasteiger partial charge in [0.1, 0.15) is 0 Å². The molecule has 1 aliphatic heterocycles. The van der Waals surface area contributed by atoms with Crippen LogP contribution in [-0.2, 0) is 19.6 Å². The summed E-state index contributed by atoms with van der Waals surface area (Å²) >= 11 is 0. The summed E-state index contributed by atoms with van der Waals surface area (Å²) in [5, 5.41) is 11.8. The zero-order valence-electron chi connectivity index (χ0n) is 14.7. The number of sulfonamides is 1. The SMILES string of the molecule is CCCCS(=O)(=O)N1CCC(C(=O)NCC(CCC)C(=O)O)CC1. The van der Waals surface area contributed by atoms with Gasteiger partial charge < -0.3 is 10.4 Å². The van der Waals surface area contributed by atoms with E-state index in [0.717, 1.165) is 12.8 Å². The smallest absolute Gasteiger partial charge is 0.308 e. The highest BCUT2D eigenvalue weighted by molar-refractivity contribution is 7.89. The molecule has 1 heterocycles. The van der Waals surface area contributed by atoms with Crippen molar-refractivity contribution in [2.75, 3.05) is 25.4 Å². The number of hydrogen-bond donors (Lipinski definition) is 2. The number of amides is 1. The second-order valence-corrected chi connectivity index (χ2v) is 8.50. The van der Waals surface area contributed by atoms with Crippen LogP contribution in [0.25, 0.3) is 0 Å². The molecule has 1 aliphatic rings. The fourth-order valence-corrected chi connectivity index (χ4v) is 4.56. The second kappa shape index (κ2) is 9.98. The van der Waals surface area contributed by atoms with Crippen molar-refractivity contribution in [3.05, 3.63) is 0 Å². The number of hydrogen-bond acceptors (Lipinski definition) is 4. The number of carboxylic acids is 1. The molecule has 1 fully saturated rings. The van der Waals surface area contributed by atoms with Crippen LogP contribution in [0.15, 0.2) is 0 Å². The maximum absolute atomic E-state index is 12.2. The summed E-state index contributed by atoms with van der Waals surface area (Å²) in [4.78, 5) is 23.3. The molecule has 0 aromatic heterocycles. The lowest BCUT2D eigenvalue weighted by atomic mass is 9.96. The van der Waals surface area contributed by atoms with Crippen LogP contribution in [0.4, 0.5) is 0 Å². The van der Waals surface area contributed by atoms with Gasteiger partial charge in [-0.3, -0.25) is 9.59 Å². The van der Waals surface area contributed by atoms with Crippen molar-refractivity contribution in [2.45, 2.75) is 52.4 Å². The van der Waals surface area contributed by atoms with Crippen LogP contribution >= 0.6 is 0 Å². The molecule has 140 valence electrons. The fraction of sp³-hybridized carbons (Fsp3) is 0.875. The van der Waals surface area contributed by atoms with Crippen LogP contribution in [0.5, 0.6) is 0 Å². The van der Waals surface area contributed by atoms with E-state index in [1.165, 1.54) is 4.31 Å².